The van der Waals surface area contributed by atoms with Crippen LogP contribution in [0.15, 0.2) is 84.9 Å². The van der Waals surface area contributed by atoms with Gasteiger partial charge in [0.05, 0.1) is 31.2 Å². The summed E-state index contributed by atoms with van der Waals surface area (Å²) in [6.45, 7) is 7.16. The highest BCUT2D eigenvalue weighted by Crippen LogP contribution is 2.55. The molecule has 0 aliphatic carbocycles. The molecule has 0 radical (unpaired) electrons. The number of esters is 8. The molecule has 0 saturated heterocycles. The van der Waals surface area contributed by atoms with Gasteiger partial charge in [-0.2, -0.15) is 0 Å². The molecule has 2 aliphatic rings. The van der Waals surface area contributed by atoms with E-state index in [1.165, 1.54) is 64.1 Å². The third-order valence-electron chi connectivity index (χ3n) is 11.0. The minimum atomic E-state index is -0.876. The summed E-state index contributed by atoms with van der Waals surface area (Å²) in [5.41, 5.74) is 4.34. The van der Waals surface area contributed by atoms with Gasteiger partial charge in [0.2, 0.25) is 0 Å². The van der Waals surface area contributed by atoms with Crippen LogP contribution in [0.1, 0.15) is 119 Å². The van der Waals surface area contributed by atoms with Crippen LogP contribution in [0, 0.1) is 0 Å². The first-order valence-corrected chi connectivity index (χ1v) is 24.8. The van der Waals surface area contributed by atoms with E-state index < -0.39 is 59.6 Å². The van der Waals surface area contributed by atoms with Gasteiger partial charge in [0.15, 0.2) is 23.0 Å². The van der Waals surface area contributed by atoms with Crippen LogP contribution in [0.5, 0.6) is 46.0 Å². The second-order valence-electron chi connectivity index (χ2n) is 16.6. The Hall–Kier alpha value is -7.18. The lowest BCUT2D eigenvalue weighted by Gasteiger charge is -2.31. The van der Waals surface area contributed by atoms with Crippen molar-refractivity contribution in [1.82, 2.24) is 0 Å². The van der Waals surface area contributed by atoms with Crippen LogP contribution in [-0.4, -0.2) is 47.8 Å². The minimum absolute atomic E-state index is 0.0556. The molecule has 6 aromatic carbocycles. The van der Waals surface area contributed by atoms with Gasteiger partial charge in [-0.05, 0) is 58.7 Å². The van der Waals surface area contributed by atoms with Gasteiger partial charge in [-0.1, -0.05) is 70.7 Å². The molecule has 22 heteroatoms. The van der Waals surface area contributed by atoms with Crippen LogP contribution in [0.25, 0.3) is 0 Å². The Morgan fingerprint density at radius 3 is 1.03 bits per heavy atom. The number of ether oxygens (including phenoxy) is 8. The number of fused-ring (bicyclic) bond motifs is 4. The predicted molar refractivity (Wildman–Crippen MR) is 277 cm³/mol. The van der Waals surface area contributed by atoms with Crippen molar-refractivity contribution in [2.24, 2.45) is 0 Å². The Kier molecular flexibility index (Phi) is 17.7. The molecular formula is C54H38Cl6O16. The van der Waals surface area contributed by atoms with Crippen LogP contribution >= 0.6 is 69.6 Å². The highest BCUT2D eigenvalue weighted by Gasteiger charge is 2.37. The molecule has 0 saturated carbocycles. The minimum Gasteiger partial charge on any atom is -0.456 e. The van der Waals surface area contributed by atoms with E-state index in [2.05, 4.69) is 0 Å². The maximum Gasteiger partial charge on any atom is 0.346 e. The van der Waals surface area contributed by atoms with E-state index in [1.807, 2.05) is 0 Å². The molecule has 0 N–H and O–H groups in total. The second kappa shape index (κ2) is 23.8. The number of halogens is 6. The Balaban J connectivity index is 0.000000221. The van der Waals surface area contributed by atoms with Gasteiger partial charge >= 0.3 is 47.8 Å². The van der Waals surface area contributed by atoms with Gasteiger partial charge < -0.3 is 37.9 Å². The summed E-state index contributed by atoms with van der Waals surface area (Å²) in [5, 5.41) is 0.452. The first kappa shape index (κ1) is 56.5. The molecule has 0 unspecified atom stereocenters. The molecule has 0 aromatic heterocycles. The van der Waals surface area contributed by atoms with Crippen molar-refractivity contribution in [3.8, 4) is 46.0 Å². The van der Waals surface area contributed by atoms with Gasteiger partial charge in [0.25, 0.3) is 0 Å². The van der Waals surface area contributed by atoms with Crippen molar-refractivity contribution in [2.45, 2.75) is 65.1 Å². The van der Waals surface area contributed by atoms with Crippen molar-refractivity contribution in [3.63, 3.8) is 0 Å². The zero-order valence-electron chi connectivity index (χ0n) is 40.5. The summed E-state index contributed by atoms with van der Waals surface area (Å²) in [5.74, 6) is -5.64. The van der Waals surface area contributed by atoms with Crippen LogP contribution in [0.2, 0.25) is 20.1 Å². The van der Waals surface area contributed by atoms with Crippen LogP contribution in [-0.2, 0) is 50.0 Å². The van der Waals surface area contributed by atoms with E-state index in [4.69, 9.17) is 108 Å². The fourth-order valence-electron chi connectivity index (χ4n) is 8.24. The smallest absolute Gasteiger partial charge is 0.346 e. The maximum absolute atomic E-state index is 13.0. The Morgan fingerprint density at radius 1 is 0.382 bits per heavy atom. The summed E-state index contributed by atoms with van der Waals surface area (Å²) in [4.78, 5) is 95.5. The molecule has 392 valence electrons. The number of hydrogen-bond donors (Lipinski definition) is 0. The maximum atomic E-state index is 13.0. The fourth-order valence-corrected chi connectivity index (χ4v) is 9.41. The summed E-state index contributed by atoms with van der Waals surface area (Å²) < 4.78 is 42.8. The Labute approximate surface area is 462 Å². The quantitative estimate of drug-likeness (QED) is 0.0539. The topological polar surface area (TPSA) is 210 Å². The highest BCUT2D eigenvalue weighted by atomic mass is 35.5. The zero-order valence-corrected chi connectivity index (χ0v) is 45.0. The SMILES string of the molecule is CC(=O)OC(=O)c1cc(CCl)ccc1C1c2cc(Cl)c(OC(C)=O)cc2Oc2cc(OC(C)=O)c(Cl)cc21.CC(=O)OC(=O)c1ccc(CCl)cc1C1c2cc(Cl)c(OC(C)=O)cc2Oc2cc(OC(C)=O)c(Cl)cc21. The number of hydrogen-bond acceptors (Lipinski definition) is 16. The van der Waals surface area contributed by atoms with Gasteiger partial charge in [0.1, 0.15) is 23.0 Å². The van der Waals surface area contributed by atoms with Crippen molar-refractivity contribution >= 4 is 117 Å². The Bertz CT molecular complexity index is 3300. The number of benzene rings is 6. The van der Waals surface area contributed by atoms with E-state index in [9.17, 15) is 38.4 Å². The largest absolute Gasteiger partial charge is 0.456 e. The summed E-state index contributed by atoms with van der Waals surface area (Å²) in [7, 11) is 0. The molecule has 6 aromatic rings. The molecule has 0 atom stereocenters. The average molecular weight is 1160 g/mol. The van der Waals surface area contributed by atoms with E-state index in [0.717, 1.165) is 13.8 Å². The first-order chi connectivity index (χ1) is 36.0. The number of alkyl halides is 2. The van der Waals surface area contributed by atoms with Crippen molar-refractivity contribution in [2.75, 3.05) is 0 Å². The second-order valence-corrected chi connectivity index (χ2v) is 18.8. The summed E-state index contributed by atoms with van der Waals surface area (Å²) in [6, 6.07) is 21.7. The first-order valence-electron chi connectivity index (χ1n) is 22.2. The third-order valence-corrected chi connectivity index (χ3v) is 12.8. The molecule has 0 amide bonds. The average Bonchev–Trinajstić information content (AvgIpc) is 3.33. The molecular weight excluding hydrogens is 1120 g/mol. The Morgan fingerprint density at radius 2 is 0.697 bits per heavy atom. The molecule has 0 spiro atoms. The number of carbonyl (C=O) groups is 8. The standard InChI is InChI=1S/2C27H19Cl3O8/c1-12(31)35-24-9-22-18(7-20(24)29)26(19-8-21(30)25(36-13(2)32)10-23(19)38-22)17-6-15(11-28)4-5-16(17)27(34)37-14(3)33;1-12(31)35-24-9-22-18(7-20(24)29)26(19-8-21(30)25(36-13(2)32)10-23(19)38-22)16-5-4-15(11-28)6-17(16)27(34)37-14(3)33/h2*4-10,26H,11H2,1-3H3. The lowest BCUT2D eigenvalue weighted by atomic mass is 9.80. The molecule has 76 heavy (non-hydrogen) atoms. The lowest BCUT2D eigenvalue weighted by Crippen LogP contribution is -2.18. The molecule has 8 rings (SSSR count). The summed E-state index contributed by atoms with van der Waals surface area (Å²) >= 11 is 37.9. The molecule has 2 aliphatic heterocycles. The van der Waals surface area contributed by atoms with Crippen LogP contribution in [0.3, 0.4) is 0 Å². The summed E-state index contributed by atoms with van der Waals surface area (Å²) in [6.07, 6.45) is 0. The normalized spacial score (nSPS) is 12.1. The predicted octanol–water partition coefficient (Wildman–Crippen LogP) is 13.1. The van der Waals surface area contributed by atoms with E-state index in [-0.39, 0.29) is 89.0 Å². The third kappa shape index (κ3) is 12.7. The highest BCUT2D eigenvalue weighted by molar-refractivity contribution is 6.33. The van der Waals surface area contributed by atoms with E-state index in [0.29, 0.717) is 44.5 Å². The van der Waals surface area contributed by atoms with Crippen molar-refractivity contribution < 1.29 is 76.3 Å². The fraction of sp³-hybridized carbons (Fsp3) is 0.185. The number of rotatable bonds is 10. The lowest BCUT2D eigenvalue weighted by molar-refractivity contribution is -0.136. The number of carbonyl (C=O) groups excluding carboxylic acids is 8. The van der Waals surface area contributed by atoms with E-state index >= 15 is 0 Å². The zero-order chi connectivity index (χ0) is 55.4. The monoisotopic (exact) mass is 1150 g/mol. The van der Waals surface area contributed by atoms with Gasteiger partial charge in [-0.15, -0.1) is 23.2 Å². The molecule has 0 bridgehead atoms. The van der Waals surface area contributed by atoms with Crippen LogP contribution < -0.4 is 28.4 Å². The molecule has 2 heterocycles. The van der Waals surface area contributed by atoms with Crippen LogP contribution in [0.4, 0.5) is 0 Å². The molecule has 16 nitrogen and oxygen atoms in total. The van der Waals surface area contributed by atoms with Gasteiger partial charge in [-0.3, -0.25) is 28.8 Å². The van der Waals surface area contributed by atoms with Crippen molar-refractivity contribution in [1.29, 1.82) is 0 Å². The van der Waals surface area contributed by atoms with Gasteiger partial charge in [-0.25, -0.2) is 9.59 Å². The molecule has 0 fully saturated rings. The van der Waals surface area contributed by atoms with E-state index in [1.54, 1.807) is 48.5 Å². The van der Waals surface area contributed by atoms with Crippen molar-refractivity contribution in [3.05, 3.63) is 161 Å². The van der Waals surface area contributed by atoms with Gasteiger partial charge in [0, 0.05) is 112 Å².